The number of hydrogen-bond donors (Lipinski definition) is 4. The number of aliphatic carboxylic acids is 2. The first-order valence-corrected chi connectivity index (χ1v) is 12.4. The van der Waals surface area contributed by atoms with E-state index in [2.05, 4.69) is 39.6 Å². The topological polar surface area (TPSA) is 123 Å². The van der Waals surface area contributed by atoms with Crippen molar-refractivity contribution in [1.29, 1.82) is 0 Å². The van der Waals surface area contributed by atoms with Gasteiger partial charge < -0.3 is 25.4 Å². The number of carboxylic acids is 2. The largest absolute Gasteiger partial charge is 0.473 e. The molecule has 1 aliphatic heterocycles. The molecule has 0 spiro atoms. The van der Waals surface area contributed by atoms with Crippen LogP contribution in [0.1, 0.15) is 54.7 Å². The molecule has 0 saturated carbocycles. The van der Waals surface area contributed by atoms with Crippen molar-refractivity contribution in [2.75, 3.05) is 25.0 Å². The number of carboxylic acid groups (broad SMARTS) is 2. The van der Waals surface area contributed by atoms with Crippen LogP contribution in [-0.4, -0.2) is 57.6 Å². The zero-order valence-electron chi connectivity index (χ0n) is 20.1. The quantitative estimate of drug-likeness (QED) is 0.371. The smallest absolute Gasteiger partial charge is 0.414 e. The number of likely N-dealkylation sites (tertiary alicyclic amines) is 1. The number of benzene rings is 2. The molecule has 1 saturated heterocycles. The molecular weight excluding hydrogens is 482 g/mol. The summed E-state index contributed by atoms with van der Waals surface area (Å²) in [5.41, 5.74) is 6.37. The average molecular weight is 512 g/mol. The molecule has 5 rings (SSSR count). The number of nitrogens with zero attached hydrogens (tertiary/aromatic N) is 1. The van der Waals surface area contributed by atoms with Crippen molar-refractivity contribution < 1.29 is 24.6 Å². The summed E-state index contributed by atoms with van der Waals surface area (Å²) in [5.74, 6) is -2.48. The molecule has 2 aromatic carbocycles. The Balaban J connectivity index is 0.000000455. The summed E-state index contributed by atoms with van der Waals surface area (Å²) in [6, 6.07) is 12.6. The number of halogens is 1. The standard InChI is InChI=1S/C25H28ClN3O.C2H2O4/c1-16(30)28-21-6-4-17-2-3-19(23(17)13-21)15-29-10-8-18(9-11-29)24-14-27-25-12-20(26)5-7-22(24)25;3-1(4)2(5)6/h4-7,12-14,18-19,27H,2-3,8-11,15H2,1H3,(H,28,30);(H,3,4)(H,5,6). The summed E-state index contributed by atoms with van der Waals surface area (Å²) in [4.78, 5) is 35.6. The van der Waals surface area contributed by atoms with E-state index in [1.165, 1.54) is 41.3 Å². The van der Waals surface area contributed by atoms with Crippen LogP contribution < -0.4 is 5.32 Å². The second-order valence-electron chi connectivity index (χ2n) is 9.45. The third-order valence-electron chi connectivity index (χ3n) is 7.03. The fourth-order valence-electron chi connectivity index (χ4n) is 5.36. The third-order valence-corrected chi connectivity index (χ3v) is 7.27. The number of carbonyl (C=O) groups excluding carboxylic acids is 1. The molecule has 1 fully saturated rings. The van der Waals surface area contributed by atoms with Gasteiger partial charge in [0, 0.05) is 41.3 Å². The van der Waals surface area contributed by atoms with E-state index in [0.29, 0.717) is 11.8 Å². The van der Waals surface area contributed by atoms with Gasteiger partial charge in [-0.05, 0) is 91.6 Å². The second kappa shape index (κ2) is 11.1. The number of hydrogen-bond acceptors (Lipinski definition) is 4. The number of nitrogens with one attached hydrogen (secondary N) is 2. The first-order chi connectivity index (χ1) is 17.2. The Bertz CT molecular complexity index is 1270. The first kappa shape index (κ1) is 25.7. The molecule has 2 aliphatic rings. The van der Waals surface area contributed by atoms with Crippen LogP contribution in [0.25, 0.3) is 10.9 Å². The maximum Gasteiger partial charge on any atom is 0.414 e. The lowest BCUT2D eigenvalue weighted by Gasteiger charge is -2.33. The van der Waals surface area contributed by atoms with E-state index in [1.807, 2.05) is 18.2 Å². The zero-order valence-corrected chi connectivity index (χ0v) is 20.8. The van der Waals surface area contributed by atoms with Crippen molar-refractivity contribution in [3.63, 3.8) is 0 Å². The van der Waals surface area contributed by atoms with Crippen LogP contribution in [0.2, 0.25) is 5.02 Å². The minimum absolute atomic E-state index is 0.00822. The summed E-state index contributed by atoms with van der Waals surface area (Å²) >= 11 is 6.14. The number of fused-ring (bicyclic) bond motifs is 2. The van der Waals surface area contributed by atoms with Crippen molar-refractivity contribution in [3.05, 3.63) is 64.3 Å². The summed E-state index contributed by atoms with van der Waals surface area (Å²) in [5, 5.41) is 19.8. The number of carbonyl (C=O) groups is 3. The highest BCUT2D eigenvalue weighted by molar-refractivity contribution is 6.31. The number of anilines is 1. The monoisotopic (exact) mass is 511 g/mol. The molecule has 1 aromatic heterocycles. The summed E-state index contributed by atoms with van der Waals surface area (Å²) in [6.45, 7) is 4.97. The van der Waals surface area contributed by atoms with Gasteiger partial charge in [0.15, 0.2) is 0 Å². The van der Waals surface area contributed by atoms with Gasteiger partial charge in [0.2, 0.25) is 5.91 Å². The molecule has 1 unspecified atom stereocenters. The minimum atomic E-state index is -1.82. The number of rotatable bonds is 4. The minimum Gasteiger partial charge on any atom is -0.473 e. The number of aromatic amines is 1. The Kier molecular flexibility index (Phi) is 7.96. The summed E-state index contributed by atoms with van der Waals surface area (Å²) in [7, 11) is 0. The Labute approximate surface area is 214 Å². The Hall–Kier alpha value is -3.36. The van der Waals surface area contributed by atoms with Gasteiger partial charge in [0.1, 0.15) is 0 Å². The fraction of sp³-hybridized carbons (Fsp3) is 0.370. The number of aryl methyl sites for hydroxylation is 1. The van der Waals surface area contributed by atoms with E-state index in [9.17, 15) is 4.79 Å². The Morgan fingerprint density at radius 1 is 1.03 bits per heavy atom. The van der Waals surface area contributed by atoms with E-state index in [0.717, 1.165) is 42.3 Å². The van der Waals surface area contributed by atoms with Crippen LogP contribution in [0.4, 0.5) is 5.69 Å². The molecule has 190 valence electrons. The van der Waals surface area contributed by atoms with Gasteiger partial charge in [-0.2, -0.15) is 0 Å². The van der Waals surface area contributed by atoms with Crippen molar-refractivity contribution >= 4 is 46.0 Å². The normalized spacial score (nSPS) is 17.8. The van der Waals surface area contributed by atoms with E-state index in [4.69, 9.17) is 31.4 Å². The average Bonchev–Trinajstić information content (AvgIpc) is 3.43. The lowest BCUT2D eigenvalue weighted by atomic mass is 9.88. The van der Waals surface area contributed by atoms with E-state index in [-0.39, 0.29) is 5.91 Å². The lowest BCUT2D eigenvalue weighted by molar-refractivity contribution is -0.159. The lowest BCUT2D eigenvalue weighted by Crippen LogP contribution is -2.35. The van der Waals surface area contributed by atoms with Gasteiger partial charge in [0.05, 0.1) is 0 Å². The van der Waals surface area contributed by atoms with Gasteiger partial charge in [-0.15, -0.1) is 0 Å². The van der Waals surface area contributed by atoms with Crippen LogP contribution in [0.5, 0.6) is 0 Å². The molecule has 1 amide bonds. The van der Waals surface area contributed by atoms with Crippen molar-refractivity contribution in [2.24, 2.45) is 0 Å². The SMILES string of the molecule is CC(=O)Nc1ccc2c(c1)C(CN1CCC(c3c[nH]c4cc(Cl)ccc34)CC1)CC2.O=C(O)C(=O)O. The second-order valence-corrected chi connectivity index (χ2v) is 9.89. The maximum absolute atomic E-state index is 11.4. The number of H-pyrrole nitrogens is 1. The molecule has 3 aromatic rings. The van der Waals surface area contributed by atoms with Gasteiger partial charge >= 0.3 is 11.9 Å². The zero-order chi connectivity index (χ0) is 25.8. The highest BCUT2D eigenvalue weighted by Gasteiger charge is 2.28. The van der Waals surface area contributed by atoms with Crippen molar-refractivity contribution in [1.82, 2.24) is 9.88 Å². The molecule has 0 bridgehead atoms. The number of aromatic nitrogens is 1. The first-order valence-electron chi connectivity index (χ1n) is 12.1. The van der Waals surface area contributed by atoms with Gasteiger partial charge in [0.25, 0.3) is 0 Å². The van der Waals surface area contributed by atoms with Crippen molar-refractivity contribution in [2.45, 2.75) is 44.4 Å². The molecular formula is C27H30ClN3O5. The van der Waals surface area contributed by atoms with E-state index in [1.54, 1.807) is 6.92 Å². The summed E-state index contributed by atoms with van der Waals surface area (Å²) in [6.07, 6.45) is 6.93. The predicted octanol–water partition coefficient (Wildman–Crippen LogP) is 4.84. The highest BCUT2D eigenvalue weighted by Crippen LogP contribution is 2.38. The van der Waals surface area contributed by atoms with Gasteiger partial charge in [-0.3, -0.25) is 4.79 Å². The third kappa shape index (κ3) is 6.06. The van der Waals surface area contributed by atoms with Gasteiger partial charge in [-0.25, -0.2) is 9.59 Å². The predicted molar refractivity (Wildman–Crippen MR) is 139 cm³/mol. The highest BCUT2D eigenvalue weighted by atomic mass is 35.5. The van der Waals surface area contributed by atoms with E-state index < -0.39 is 11.9 Å². The molecule has 2 heterocycles. The van der Waals surface area contributed by atoms with Crippen molar-refractivity contribution in [3.8, 4) is 0 Å². The van der Waals surface area contributed by atoms with Gasteiger partial charge in [-0.1, -0.05) is 23.7 Å². The molecule has 0 radical (unpaired) electrons. The molecule has 9 heteroatoms. The van der Waals surface area contributed by atoms with Crippen LogP contribution in [0.3, 0.4) is 0 Å². The molecule has 36 heavy (non-hydrogen) atoms. The molecule has 1 atom stereocenters. The number of piperidine rings is 1. The Morgan fingerprint density at radius 3 is 2.42 bits per heavy atom. The molecule has 1 aliphatic carbocycles. The maximum atomic E-state index is 11.4. The summed E-state index contributed by atoms with van der Waals surface area (Å²) < 4.78 is 0. The molecule has 8 nitrogen and oxygen atoms in total. The van der Waals surface area contributed by atoms with Crippen LogP contribution in [0, 0.1) is 0 Å². The number of amides is 1. The van der Waals surface area contributed by atoms with E-state index >= 15 is 0 Å². The van der Waals surface area contributed by atoms with Crippen LogP contribution in [-0.2, 0) is 20.8 Å². The fourth-order valence-corrected chi connectivity index (χ4v) is 5.53. The van der Waals surface area contributed by atoms with Crippen LogP contribution >= 0.6 is 11.6 Å². The Morgan fingerprint density at radius 2 is 1.75 bits per heavy atom. The van der Waals surface area contributed by atoms with Crippen LogP contribution in [0.15, 0.2) is 42.6 Å². The molecule has 4 N–H and O–H groups in total.